The molecule has 0 aromatic heterocycles. The summed E-state index contributed by atoms with van der Waals surface area (Å²) in [6.45, 7) is 1.83. The Morgan fingerprint density at radius 1 is 1.56 bits per heavy atom. The lowest BCUT2D eigenvalue weighted by molar-refractivity contribution is 0.153. The van der Waals surface area contributed by atoms with Gasteiger partial charge in [0.15, 0.2) is 0 Å². The summed E-state index contributed by atoms with van der Waals surface area (Å²) in [5, 5.41) is 9.26. The average Bonchev–Trinajstić information content (AvgIpc) is 2.78. The predicted octanol–water partition coefficient (Wildman–Crippen LogP) is 1.42. The molecule has 0 bridgehead atoms. The highest BCUT2D eigenvalue weighted by atomic mass is 32.1. The van der Waals surface area contributed by atoms with Gasteiger partial charge >= 0.3 is 0 Å². The summed E-state index contributed by atoms with van der Waals surface area (Å²) < 4.78 is 13.5. The molecule has 0 saturated carbocycles. The minimum Gasteiger partial charge on any atom is -0.395 e. The Kier molecular flexibility index (Phi) is 4.27. The van der Waals surface area contributed by atoms with Crippen molar-refractivity contribution >= 4 is 17.2 Å². The lowest BCUT2D eigenvalue weighted by atomic mass is 10.1. The molecule has 5 heteroatoms. The van der Waals surface area contributed by atoms with E-state index >= 15 is 0 Å². The number of halogens is 1. The van der Waals surface area contributed by atoms with Crippen molar-refractivity contribution in [3.63, 3.8) is 0 Å². The standard InChI is InChI=1S/C13H17FN2OS/c14-12-4-3-9(6-11(12)13(15)18)7-16-5-1-2-10(16)8-17/h3-4,6,10,17H,1-2,5,7-8H2,(H2,15,18). The van der Waals surface area contributed by atoms with Gasteiger partial charge in [-0.3, -0.25) is 4.90 Å². The van der Waals surface area contributed by atoms with Gasteiger partial charge in [0, 0.05) is 18.2 Å². The van der Waals surface area contributed by atoms with Gasteiger partial charge in [-0.25, -0.2) is 4.39 Å². The quantitative estimate of drug-likeness (QED) is 0.811. The molecule has 1 aliphatic heterocycles. The summed E-state index contributed by atoms with van der Waals surface area (Å²) in [7, 11) is 0. The lowest BCUT2D eigenvalue weighted by Crippen LogP contribution is -2.31. The van der Waals surface area contributed by atoms with E-state index in [1.807, 2.05) is 0 Å². The van der Waals surface area contributed by atoms with Gasteiger partial charge in [0.2, 0.25) is 0 Å². The van der Waals surface area contributed by atoms with Crippen molar-refractivity contribution in [3.05, 3.63) is 35.1 Å². The van der Waals surface area contributed by atoms with Crippen LogP contribution in [0.25, 0.3) is 0 Å². The number of rotatable bonds is 4. The van der Waals surface area contributed by atoms with Crippen LogP contribution in [0.1, 0.15) is 24.0 Å². The summed E-state index contributed by atoms with van der Waals surface area (Å²) in [5.41, 5.74) is 6.75. The molecule has 3 N–H and O–H groups in total. The van der Waals surface area contributed by atoms with Gasteiger partial charge in [-0.1, -0.05) is 18.3 Å². The number of nitrogens with zero attached hydrogens (tertiary/aromatic N) is 1. The van der Waals surface area contributed by atoms with Crippen LogP contribution in [0, 0.1) is 5.82 Å². The molecular formula is C13H17FN2OS. The monoisotopic (exact) mass is 268 g/mol. The SMILES string of the molecule is NC(=S)c1cc(CN2CCCC2CO)ccc1F. The van der Waals surface area contributed by atoms with Gasteiger partial charge in [-0.15, -0.1) is 0 Å². The second-order valence-corrected chi connectivity index (χ2v) is 5.07. The number of hydrogen-bond acceptors (Lipinski definition) is 3. The Labute approximate surface area is 111 Å². The molecule has 1 aliphatic rings. The Balaban J connectivity index is 2.14. The molecule has 0 spiro atoms. The van der Waals surface area contributed by atoms with Crippen molar-refractivity contribution in [1.29, 1.82) is 0 Å². The third-order valence-electron chi connectivity index (χ3n) is 3.39. The Bertz CT molecular complexity index is 453. The predicted molar refractivity (Wildman–Crippen MR) is 72.8 cm³/mol. The topological polar surface area (TPSA) is 49.5 Å². The van der Waals surface area contributed by atoms with Crippen LogP contribution in [0.4, 0.5) is 4.39 Å². The fourth-order valence-electron chi connectivity index (χ4n) is 2.40. The van der Waals surface area contributed by atoms with E-state index in [-0.39, 0.29) is 23.5 Å². The molecule has 1 heterocycles. The maximum atomic E-state index is 13.5. The van der Waals surface area contributed by atoms with Crippen LogP contribution in [-0.4, -0.2) is 34.2 Å². The molecule has 1 fully saturated rings. The van der Waals surface area contributed by atoms with E-state index in [0.29, 0.717) is 12.1 Å². The van der Waals surface area contributed by atoms with Crippen LogP contribution in [0.3, 0.4) is 0 Å². The molecule has 1 atom stereocenters. The third kappa shape index (κ3) is 2.85. The van der Waals surface area contributed by atoms with Crippen molar-refractivity contribution in [2.45, 2.75) is 25.4 Å². The van der Waals surface area contributed by atoms with Crippen LogP contribution in [0.15, 0.2) is 18.2 Å². The van der Waals surface area contributed by atoms with Gasteiger partial charge in [-0.05, 0) is 37.1 Å². The number of likely N-dealkylation sites (tertiary alicyclic amines) is 1. The number of benzene rings is 1. The van der Waals surface area contributed by atoms with Crippen LogP contribution in [0.5, 0.6) is 0 Å². The molecular weight excluding hydrogens is 251 g/mol. The van der Waals surface area contributed by atoms with E-state index in [1.165, 1.54) is 6.07 Å². The smallest absolute Gasteiger partial charge is 0.133 e. The van der Waals surface area contributed by atoms with Crippen molar-refractivity contribution in [3.8, 4) is 0 Å². The molecule has 0 radical (unpaired) electrons. The van der Waals surface area contributed by atoms with Crippen LogP contribution in [0.2, 0.25) is 0 Å². The molecule has 1 aromatic carbocycles. The molecule has 0 amide bonds. The minimum absolute atomic E-state index is 0.0782. The first kappa shape index (κ1) is 13.4. The van der Waals surface area contributed by atoms with Crippen molar-refractivity contribution in [2.75, 3.05) is 13.2 Å². The fourth-order valence-corrected chi connectivity index (χ4v) is 2.56. The van der Waals surface area contributed by atoms with Crippen LogP contribution >= 0.6 is 12.2 Å². The van der Waals surface area contributed by atoms with Gasteiger partial charge in [-0.2, -0.15) is 0 Å². The summed E-state index contributed by atoms with van der Waals surface area (Å²) in [5.74, 6) is -0.383. The van der Waals surface area contributed by atoms with Gasteiger partial charge < -0.3 is 10.8 Å². The molecule has 0 aliphatic carbocycles. The maximum Gasteiger partial charge on any atom is 0.133 e. The zero-order valence-electron chi connectivity index (χ0n) is 10.1. The molecule has 1 aromatic rings. The highest BCUT2D eigenvalue weighted by molar-refractivity contribution is 7.80. The molecule has 98 valence electrons. The minimum atomic E-state index is -0.383. The van der Waals surface area contributed by atoms with E-state index in [2.05, 4.69) is 4.90 Å². The van der Waals surface area contributed by atoms with Crippen molar-refractivity contribution < 1.29 is 9.50 Å². The van der Waals surface area contributed by atoms with Crippen LogP contribution < -0.4 is 5.73 Å². The van der Waals surface area contributed by atoms with E-state index in [4.69, 9.17) is 18.0 Å². The van der Waals surface area contributed by atoms with Crippen molar-refractivity contribution in [1.82, 2.24) is 4.90 Å². The summed E-state index contributed by atoms with van der Waals surface area (Å²) in [4.78, 5) is 2.28. The number of nitrogens with two attached hydrogens (primary N) is 1. The third-order valence-corrected chi connectivity index (χ3v) is 3.61. The normalized spacial score (nSPS) is 20.2. The summed E-state index contributed by atoms with van der Waals surface area (Å²) in [6.07, 6.45) is 2.11. The maximum absolute atomic E-state index is 13.5. The van der Waals surface area contributed by atoms with Crippen LogP contribution in [-0.2, 0) is 6.54 Å². The Morgan fingerprint density at radius 2 is 2.33 bits per heavy atom. The second-order valence-electron chi connectivity index (χ2n) is 4.63. The lowest BCUT2D eigenvalue weighted by Gasteiger charge is -2.22. The molecule has 1 saturated heterocycles. The zero-order valence-corrected chi connectivity index (χ0v) is 10.9. The van der Waals surface area contributed by atoms with Gasteiger partial charge in [0.1, 0.15) is 10.8 Å². The molecule has 18 heavy (non-hydrogen) atoms. The zero-order chi connectivity index (χ0) is 13.1. The average molecular weight is 268 g/mol. The molecule has 3 nitrogen and oxygen atoms in total. The van der Waals surface area contributed by atoms with Gasteiger partial charge in [0.25, 0.3) is 0 Å². The number of aliphatic hydroxyl groups is 1. The van der Waals surface area contributed by atoms with E-state index in [1.54, 1.807) is 12.1 Å². The van der Waals surface area contributed by atoms with Crippen molar-refractivity contribution in [2.24, 2.45) is 5.73 Å². The number of aliphatic hydroxyl groups excluding tert-OH is 1. The number of hydrogen-bond donors (Lipinski definition) is 2. The molecule has 1 unspecified atom stereocenters. The highest BCUT2D eigenvalue weighted by Gasteiger charge is 2.23. The highest BCUT2D eigenvalue weighted by Crippen LogP contribution is 2.20. The first-order chi connectivity index (χ1) is 8.61. The van der Waals surface area contributed by atoms with E-state index in [0.717, 1.165) is 24.9 Å². The Hall–Kier alpha value is -1.04. The van der Waals surface area contributed by atoms with Gasteiger partial charge in [0.05, 0.1) is 6.61 Å². The van der Waals surface area contributed by atoms with E-state index < -0.39 is 0 Å². The summed E-state index contributed by atoms with van der Waals surface area (Å²) >= 11 is 4.82. The largest absolute Gasteiger partial charge is 0.395 e. The second kappa shape index (κ2) is 5.73. The van der Waals surface area contributed by atoms with E-state index in [9.17, 15) is 9.50 Å². The first-order valence-corrected chi connectivity index (χ1v) is 6.45. The number of thiocarbonyl (C=S) groups is 1. The Morgan fingerprint density at radius 3 is 3.00 bits per heavy atom. The first-order valence-electron chi connectivity index (χ1n) is 6.05. The molecule has 2 rings (SSSR count). The summed E-state index contributed by atoms with van der Waals surface area (Å²) in [6, 6.07) is 5.05. The fraction of sp³-hybridized carbons (Fsp3) is 0.462.